The first-order valence-corrected chi connectivity index (χ1v) is 9.28. The van der Waals surface area contributed by atoms with Crippen LogP contribution in [0.5, 0.6) is 0 Å². The van der Waals surface area contributed by atoms with Crippen LogP contribution in [-0.4, -0.2) is 29.0 Å². The summed E-state index contributed by atoms with van der Waals surface area (Å²) in [5.74, 6) is 0.535. The van der Waals surface area contributed by atoms with Crippen molar-refractivity contribution in [2.45, 2.75) is 12.8 Å². The Hall–Kier alpha value is -2.92. The van der Waals surface area contributed by atoms with E-state index in [0.717, 1.165) is 30.0 Å². The molecular weight excluding hydrogens is 360 g/mol. The van der Waals surface area contributed by atoms with E-state index in [1.807, 2.05) is 36.4 Å². The number of nitrogens with one attached hydrogen (secondary N) is 1. The molecule has 1 aliphatic rings. The highest BCUT2D eigenvalue weighted by molar-refractivity contribution is 6.30. The summed E-state index contributed by atoms with van der Waals surface area (Å²) in [7, 11) is 0. The number of hydrogen-bond donors (Lipinski definition) is 1. The summed E-state index contributed by atoms with van der Waals surface area (Å²) in [6, 6.07) is 15.9. The Bertz CT molecular complexity index is 958. The van der Waals surface area contributed by atoms with Gasteiger partial charge in [0.25, 0.3) is 5.91 Å². The molecule has 3 aromatic rings. The molecule has 1 N–H and O–H groups in total. The number of anilines is 2. The van der Waals surface area contributed by atoms with Crippen molar-refractivity contribution >= 4 is 29.0 Å². The fraction of sp³-hybridized carbons (Fsp3) is 0.190. The number of carbonyl (C=O) groups excluding carboxylic acids is 1. The molecule has 6 heteroatoms. The van der Waals surface area contributed by atoms with Gasteiger partial charge in [-0.2, -0.15) is 0 Å². The van der Waals surface area contributed by atoms with Crippen LogP contribution >= 0.6 is 11.6 Å². The van der Waals surface area contributed by atoms with Crippen LogP contribution < -0.4 is 10.2 Å². The molecule has 2 heterocycles. The Morgan fingerprint density at radius 2 is 2.00 bits per heavy atom. The third-order valence-electron chi connectivity index (χ3n) is 4.62. The number of benzene rings is 2. The molecule has 2 aromatic carbocycles. The van der Waals surface area contributed by atoms with Gasteiger partial charge < -0.3 is 10.2 Å². The van der Waals surface area contributed by atoms with Crippen LogP contribution in [-0.2, 0) is 12.8 Å². The lowest BCUT2D eigenvalue weighted by atomic mass is 10.1. The Morgan fingerprint density at radius 1 is 1.11 bits per heavy atom. The van der Waals surface area contributed by atoms with Gasteiger partial charge in [0, 0.05) is 23.8 Å². The van der Waals surface area contributed by atoms with E-state index in [-0.39, 0.29) is 5.91 Å². The summed E-state index contributed by atoms with van der Waals surface area (Å²) in [6.07, 6.45) is 4.89. The van der Waals surface area contributed by atoms with Crippen molar-refractivity contribution in [1.29, 1.82) is 0 Å². The molecule has 0 spiro atoms. The number of para-hydroxylation sites is 1. The Morgan fingerprint density at radius 3 is 2.81 bits per heavy atom. The molecule has 1 amide bonds. The number of carbonyl (C=O) groups is 1. The maximum atomic E-state index is 12.3. The van der Waals surface area contributed by atoms with Crippen LogP contribution in [0, 0.1) is 0 Å². The number of fused-ring (bicyclic) bond motifs is 1. The summed E-state index contributed by atoms with van der Waals surface area (Å²) in [5.41, 5.74) is 3.86. The molecule has 0 fully saturated rings. The SMILES string of the molecule is O=C(NCCc1cccc(Cl)c1)c1cnc(N2CCc3ccccc32)cn1. The first-order valence-electron chi connectivity index (χ1n) is 8.91. The molecule has 136 valence electrons. The number of amides is 1. The highest BCUT2D eigenvalue weighted by atomic mass is 35.5. The quantitative estimate of drug-likeness (QED) is 0.733. The van der Waals surface area contributed by atoms with Crippen molar-refractivity contribution in [3.05, 3.63) is 82.8 Å². The topological polar surface area (TPSA) is 58.1 Å². The second-order valence-electron chi connectivity index (χ2n) is 6.43. The molecular formula is C21H19ClN4O. The Kier molecular flexibility index (Phi) is 5.03. The maximum absolute atomic E-state index is 12.3. The van der Waals surface area contributed by atoms with E-state index in [2.05, 4.69) is 32.3 Å². The largest absolute Gasteiger partial charge is 0.350 e. The van der Waals surface area contributed by atoms with Crippen LogP contribution in [0.15, 0.2) is 60.9 Å². The van der Waals surface area contributed by atoms with E-state index in [9.17, 15) is 4.79 Å². The molecule has 5 nitrogen and oxygen atoms in total. The van der Waals surface area contributed by atoms with E-state index in [1.165, 1.54) is 11.8 Å². The van der Waals surface area contributed by atoms with Crippen LogP contribution in [0.2, 0.25) is 5.02 Å². The molecule has 0 bridgehead atoms. The van der Waals surface area contributed by atoms with Crippen LogP contribution in [0.1, 0.15) is 21.6 Å². The van der Waals surface area contributed by atoms with Crippen molar-refractivity contribution in [1.82, 2.24) is 15.3 Å². The van der Waals surface area contributed by atoms with Gasteiger partial charge in [-0.1, -0.05) is 41.9 Å². The first-order chi connectivity index (χ1) is 13.2. The summed E-state index contributed by atoms with van der Waals surface area (Å²) in [4.78, 5) is 23.1. The van der Waals surface area contributed by atoms with E-state index >= 15 is 0 Å². The van der Waals surface area contributed by atoms with Crippen LogP contribution in [0.25, 0.3) is 0 Å². The number of halogens is 1. The average Bonchev–Trinajstić information content (AvgIpc) is 3.12. The number of rotatable bonds is 5. The molecule has 0 atom stereocenters. The van der Waals surface area contributed by atoms with Crippen molar-refractivity contribution < 1.29 is 4.79 Å². The van der Waals surface area contributed by atoms with Gasteiger partial charge >= 0.3 is 0 Å². The molecule has 0 unspecified atom stereocenters. The van der Waals surface area contributed by atoms with Gasteiger partial charge in [-0.3, -0.25) is 4.79 Å². The third-order valence-corrected chi connectivity index (χ3v) is 4.86. The molecule has 0 saturated carbocycles. The average molecular weight is 379 g/mol. The Balaban J connectivity index is 1.37. The summed E-state index contributed by atoms with van der Waals surface area (Å²) in [5, 5.41) is 3.57. The monoisotopic (exact) mass is 378 g/mol. The van der Waals surface area contributed by atoms with Gasteiger partial charge in [-0.05, 0) is 42.2 Å². The minimum Gasteiger partial charge on any atom is -0.350 e. The summed E-state index contributed by atoms with van der Waals surface area (Å²) in [6.45, 7) is 1.39. The van der Waals surface area contributed by atoms with Crippen molar-refractivity contribution in [3.8, 4) is 0 Å². The zero-order chi connectivity index (χ0) is 18.6. The standard InChI is InChI=1S/C21H19ClN4O/c22-17-6-3-4-15(12-17)8-10-23-21(27)18-13-25-20(14-24-18)26-11-9-16-5-1-2-7-19(16)26/h1-7,12-14H,8-11H2,(H,23,27). The van der Waals surface area contributed by atoms with E-state index in [0.29, 0.717) is 23.7 Å². The van der Waals surface area contributed by atoms with Gasteiger partial charge in [0.15, 0.2) is 5.82 Å². The number of hydrogen-bond acceptors (Lipinski definition) is 4. The summed E-state index contributed by atoms with van der Waals surface area (Å²) >= 11 is 5.97. The normalized spacial score (nSPS) is 12.7. The van der Waals surface area contributed by atoms with Crippen molar-refractivity contribution in [3.63, 3.8) is 0 Å². The summed E-state index contributed by atoms with van der Waals surface area (Å²) < 4.78 is 0. The molecule has 1 aliphatic heterocycles. The minimum atomic E-state index is -0.224. The molecule has 0 radical (unpaired) electrons. The van der Waals surface area contributed by atoms with Crippen LogP contribution in [0.3, 0.4) is 0 Å². The fourth-order valence-corrected chi connectivity index (χ4v) is 3.47. The fourth-order valence-electron chi connectivity index (χ4n) is 3.26. The van der Waals surface area contributed by atoms with Gasteiger partial charge in [-0.25, -0.2) is 9.97 Å². The molecule has 0 aliphatic carbocycles. The number of aromatic nitrogens is 2. The second-order valence-corrected chi connectivity index (χ2v) is 6.86. The highest BCUT2D eigenvalue weighted by Crippen LogP contribution is 2.32. The van der Waals surface area contributed by atoms with Gasteiger partial charge in [0.05, 0.1) is 12.4 Å². The Labute approximate surface area is 163 Å². The molecule has 0 saturated heterocycles. The lowest BCUT2D eigenvalue weighted by molar-refractivity contribution is 0.0949. The predicted octanol–water partition coefficient (Wildman–Crippen LogP) is 3.80. The molecule has 27 heavy (non-hydrogen) atoms. The van der Waals surface area contributed by atoms with E-state index < -0.39 is 0 Å². The van der Waals surface area contributed by atoms with Gasteiger partial charge in [0.2, 0.25) is 0 Å². The predicted molar refractivity (Wildman–Crippen MR) is 107 cm³/mol. The van der Waals surface area contributed by atoms with Gasteiger partial charge in [-0.15, -0.1) is 0 Å². The van der Waals surface area contributed by atoms with E-state index in [4.69, 9.17) is 11.6 Å². The molecule has 4 rings (SSSR count). The van der Waals surface area contributed by atoms with Crippen molar-refractivity contribution in [2.24, 2.45) is 0 Å². The lowest BCUT2D eigenvalue weighted by Crippen LogP contribution is -2.27. The number of nitrogens with zero attached hydrogens (tertiary/aromatic N) is 3. The van der Waals surface area contributed by atoms with Crippen LogP contribution in [0.4, 0.5) is 11.5 Å². The first kappa shape index (κ1) is 17.5. The maximum Gasteiger partial charge on any atom is 0.271 e. The highest BCUT2D eigenvalue weighted by Gasteiger charge is 2.21. The zero-order valence-corrected chi connectivity index (χ0v) is 15.5. The smallest absolute Gasteiger partial charge is 0.271 e. The minimum absolute atomic E-state index is 0.224. The van der Waals surface area contributed by atoms with Crippen molar-refractivity contribution in [2.75, 3.05) is 18.0 Å². The van der Waals surface area contributed by atoms with E-state index in [1.54, 1.807) is 6.20 Å². The molecule has 1 aromatic heterocycles. The second kappa shape index (κ2) is 7.76. The van der Waals surface area contributed by atoms with Gasteiger partial charge in [0.1, 0.15) is 5.69 Å². The third kappa shape index (κ3) is 3.93. The lowest BCUT2D eigenvalue weighted by Gasteiger charge is -2.17. The zero-order valence-electron chi connectivity index (χ0n) is 14.7.